The molecule has 0 saturated heterocycles. The molecule has 2 aromatic rings. The third kappa shape index (κ3) is 2.46. The van der Waals surface area contributed by atoms with Crippen LogP contribution >= 0.6 is 0 Å². The molecule has 0 unspecified atom stereocenters. The number of hydrogen-bond donors (Lipinski definition) is 0. The van der Waals surface area contributed by atoms with Gasteiger partial charge in [-0.25, -0.2) is 0 Å². The normalized spacial score (nSPS) is 10.0. The van der Waals surface area contributed by atoms with Gasteiger partial charge in [-0.15, -0.1) is 0 Å². The molecule has 0 aromatic heterocycles. The van der Waals surface area contributed by atoms with Crippen LogP contribution in [0.1, 0.15) is 11.1 Å². The van der Waals surface area contributed by atoms with Crippen molar-refractivity contribution in [3.05, 3.63) is 78.2 Å². The Morgan fingerprint density at radius 3 is 1.93 bits per heavy atom. The van der Waals surface area contributed by atoms with Crippen molar-refractivity contribution in [1.82, 2.24) is 0 Å². The summed E-state index contributed by atoms with van der Waals surface area (Å²) in [4.78, 5) is 0. The summed E-state index contributed by atoms with van der Waals surface area (Å²) in [5.74, 6) is 0. The van der Waals surface area contributed by atoms with Gasteiger partial charge in [0.1, 0.15) is 0 Å². The van der Waals surface area contributed by atoms with Crippen molar-refractivity contribution in [1.29, 1.82) is 0 Å². The summed E-state index contributed by atoms with van der Waals surface area (Å²) >= 11 is 0. The Balaban J connectivity index is 1.96. The standard InChI is InChI=1S/C14H13/c1-3-7-13(8-4-1)11-12-14-9-5-2-6-10-14/h1-11H,12H2. The molecule has 0 fully saturated rings. The minimum absolute atomic E-state index is 1.00. The molecule has 0 spiro atoms. The average molecular weight is 181 g/mol. The van der Waals surface area contributed by atoms with Gasteiger partial charge >= 0.3 is 0 Å². The molecule has 0 nitrogen and oxygen atoms in total. The summed E-state index contributed by atoms with van der Waals surface area (Å²) in [6.07, 6.45) is 3.25. The van der Waals surface area contributed by atoms with E-state index in [-0.39, 0.29) is 0 Å². The second kappa shape index (κ2) is 4.61. The molecule has 69 valence electrons. The predicted molar refractivity (Wildman–Crippen MR) is 60.0 cm³/mol. The maximum absolute atomic E-state index is 2.25. The zero-order valence-electron chi connectivity index (χ0n) is 8.06. The lowest BCUT2D eigenvalue weighted by atomic mass is 10.0. The summed E-state index contributed by atoms with van der Waals surface area (Å²) in [6, 6.07) is 20.9. The number of benzene rings is 2. The van der Waals surface area contributed by atoms with Crippen LogP contribution in [0, 0.1) is 6.42 Å². The predicted octanol–water partition coefficient (Wildman–Crippen LogP) is 3.48. The Morgan fingerprint density at radius 2 is 1.29 bits per heavy atom. The average Bonchev–Trinajstić information content (AvgIpc) is 2.29. The van der Waals surface area contributed by atoms with Crippen molar-refractivity contribution in [3.8, 4) is 0 Å². The van der Waals surface area contributed by atoms with E-state index in [4.69, 9.17) is 0 Å². The van der Waals surface area contributed by atoms with Crippen LogP contribution < -0.4 is 0 Å². The highest BCUT2D eigenvalue weighted by Gasteiger charge is 1.93. The van der Waals surface area contributed by atoms with Gasteiger partial charge in [-0.3, -0.25) is 0 Å². The Morgan fingerprint density at radius 1 is 0.714 bits per heavy atom. The number of hydrogen-bond acceptors (Lipinski definition) is 0. The smallest absolute Gasteiger partial charge is 0.00494 e. The highest BCUT2D eigenvalue weighted by molar-refractivity contribution is 5.26. The van der Waals surface area contributed by atoms with Crippen LogP contribution in [0.15, 0.2) is 60.7 Å². The fraction of sp³-hybridized carbons (Fsp3) is 0.0714. The van der Waals surface area contributed by atoms with E-state index in [0.717, 1.165) is 6.42 Å². The van der Waals surface area contributed by atoms with Crippen molar-refractivity contribution >= 4 is 0 Å². The molecule has 2 rings (SSSR count). The molecule has 0 aliphatic heterocycles. The minimum Gasteiger partial charge on any atom is -0.0622 e. The summed E-state index contributed by atoms with van der Waals surface area (Å²) in [7, 11) is 0. The van der Waals surface area contributed by atoms with Gasteiger partial charge in [-0.2, -0.15) is 0 Å². The fourth-order valence-electron chi connectivity index (χ4n) is 1.44. The third-order valence-electron chi connectivity index (χ3n) is 2.22. The third-order valence-corrected chi connectivity index (χ3v) is 2.22. The Kier molecular flexibility index (Phi) is 2.97. The van der Waals surface area contributed by atoms with Crippen molar-refractivity contribution in [2.45, 2.75) is 6.42 Å². The zero-order valence-corrected chi connectivity index (χ0v) is 8.06. The van der Waals surface area contributed by atoms with Crippen LogP contribution in [-0.2, 0) is 6.42 Å². The highest BCUT2D eigenvalue weighted by atomic mass is 14.0. The maximum Gasteiger partial charge on any atom is -0.00494 e. The molecule has 0 saturated carbocycles. The van der Waals surface area contributed by atoms with E-state index in [9.17, 15) is 0 Å². The molecule has 0 bridgehead atoms. The first-order valence-electron chi connectivity index (χ1n) is 4.87. The van der Waals surface area contributed by atoms with Crippen molar-refractivity contribution in [2.24, 2.45) is 0 Å². The molecule has 0 atom stereocenters. The Hall–Kier alpha value is -1.56. The maximum atomic E-state index is 2.25. The van der Waals surface area contributed by atoms with Crippen LogP contribution in [0.25, 0.3) is 0 Å². The van der Waals surface area contributed by atoms with Gasteiger partial charge in [0, 0.05) is 0 Å². The molecule has 0 heteroatoms. The molecule has 1 radical (unpaired) electrons. The fourth-order valence-corrected chi connectivity index (χ4v) is 1.44. The van der Waals surface area contributed by atoms with Gasteiger partial charge < -0.3 is 0 Å². The van der Waals surface area contributed by atoms with Crippen LogP contribution in [0.5, 0.6) is 0 Å². The summed E-state index contributed by atoms with van der Waals surface area (Å²) in [5.41, 5.74) is 2.65. The second-order valence-corrected chi connectivity index (χ2v) is 3.30. The lowest BCUT2D eigenvalue weighted by Gasteiger charge is -2.00. The first-order valence-corrected chi connectivity index (χ1v) is 4.87. The van der Waals surface area contributed by atoms with Crippen LogP contribution in [0.4, 0.5) is 0 Å². The van der Waals surface area contributed by atoms with Crippen molar-refractivity contribution in [2.75, 3.05) is 0 Å². The summed E-state index contributed by atoms with van der Waals surface area (Å²) < 4.78 is 0. The molecule has 2 aromatic carbocycles. The molecule has 0 aliphatic carbocycles. The Bertz CT molecular complexity index is 322. The summed E-state index contributed by atoms with van der Waals surface area (Å²) in [6.45, 7) is 0. The van der Waals surface area contributed by atoms with Gasteiger partial charge in [-0.05, 0) is 24.0 Å². The van der Waals surface area contributed by atoms with E-state index in [1.165, 1.54) is 11.1 Å². The van der Waals surface area contributed by atoms with Crippen LogP contribution in [-0.4, -0.2) is 0 Å². The van der Waals surface area contributed by atoms with E-state index in [2.05, 4.69) is 55.0 Å². The lowest BCUT2D eigenvalue weighted by Crippen LogP contribution is -1.87. The molecule has 0 aliphatic rings. The molecular weight excluding hydrogens is 168 g/mol. The molecule has 0 heterocycles. The topological polar surface area (TPSA) is 0 Å². The largest absolute Gasteiger partial charge is 0.0622 e. The van der Waals surface area contributed by atoms with Gasteiger partial charge in [0.15, 0.2) is 0 Å². The summed E-state index contributed by atoms with van der Waals surface area (Å²) in [5, 5.41) is 0. The molecular formula is C14H13. The van der Waals surface area contributed by atoms with Crippen molar-refractivity contribution < 1.29 is 0 Å². The number of rotatable bonds is 3. The minimum atomic E-state index is 1.00. The van der Waals surface area contributed by atoms with E-state index >= 15 is 0 Å². The van der Waals surface area contributed by atoms with Gasteiger partial charge in [0.2, 0.25) is 0 Å². The van der Waals surface area contributed by atoms with Gasteiger partial charge in [-0.1, -0.05) is 60.7 Å². The van der Waals surface area contributed by atoms with Gasteiger partial charge in [0.25, 0.3) is 0 Å². The SMILES string of the molecule is [CH](Cc1ccccc1)c1ccccc1. The molecule has 14 heavy (non-hydrogen) atoms. The second-order valence-electron chi connectivity index (χ2n) is 3.30. The highest BCUT2D eigenvalue weighted by Crippen LogP contribution is 2.08. The van der Waals surface area contributed by atoms with Gasteiger partial charge in [0.05, 0.1) is 0 Å². The Labute approximate surface area is 85.2 Å². The van der Waals surface area contributed by atoms with E-state index in [1.807, 2.05) is 12.1 Å². The first kappa shape index (κ1) is 9.01. The van der Waals surface area contributed by atoms with E-state index in [1.54, 1.807) is 0 Å². The lowest BCUT2D eigenvalue weighted by molar-refractivity contribution is 1.17. The van der Waals surface area contributed by atoms with E-state index in [0.29, 0.717) is 0 Å². The van der Waals surface area contributed by atoms with Crippen LogP contribution in [0.2, 0.25) is 0 Å². The first-order chi connectivity index (χ1) is 6.95. The molecule has 0 amide bonds. The van der Waals surface area contributed by atoms with Crippen LogP contribution in [0.3, 0.4) is 0 Å². The monoisotopic (exact) mass is 181 g/mol. The zero-order chi connectivity index (χ0) is 9.64. The van der Waals surface area contributed by atoms with Crippen molar-refractivity contribution in [3.63, 3.8) is 0 Å². The van der Waals surface area contributed by atoms with E-state index < -0.39 is 0 Å². The quantitative estimate of drug-likeness (QED) is 0.680. The molecule has 0 N–H and O–H groups in total.